The van der Waals surface area contributed by atoms with Gasteiger partial charge < -0.3 is 0 Å². The molecule has 1 radical (unpaired) electrons. The Balaban J connectivity index is 3.25. The van der Waals surface area contributed by atoms with E-state index in [1.165, 1.54) is 5.57 Å². The Hall–Kier alpha value is -0.520. The molecule has 0 aromatic carbocycles. The lowest BCUT2D eigenvalue weighted by atomic mass is 10.3. The molecule has 39 valence electrons. The van der Waals surface area contributed by atoms with Crippen LogP contribution in [0.25, 0.3) is 0 Å². The summed E-state index contributed by atoms with van der Waals surface area (Å²) in [6.45, 7) is 9.23. The molecule has 0 aliphatic rings. The fourth-order valence-corrected chi connectivity index (χ4v) is 0.304. The first-order chi connectivity index (χ1) is 3.27. The summed E-state index contributed by atoms with van der Waals surface area (Å²) in [5.41, 5.74) is 1.32. The molecular weight excluding hydrogens is 84.1 g/mol. The SMILES string of the molecule is [CH]=CCC=C(C)C. The van der Waals surface area contributed by atoms with Gasteiger partial charge in [-0.15, -0.1) is 0 Å². The Morgan fingerprint density at radius 2 is 2.14 bits per heavy atom. The highest BCUT2D eigenvalue weighted by Gasteiger charge is 1.69. The molecule has 0 unspecified atom stereocenters. The third-order valence-corrected chi connectivity index (χ3v) is 0.662. The molecule has 0 aromatic rings. The van der Waals surface area contributed by atoms with Gasteiger partial charge in [0.1, 0.15) is 0 Å². The van der Waals surface area contributed by atoms with E-state index in [1.807, 2.05) is 0 Å². The Kier molecular flexibility index (Phi) is 3.39. The Labute approximate surface area is 45.5 Å². The lowest BCUT2D eigenvalue weighted by Crippen LogP contribution is -1.60. The highest BCUT2D eigenvalue weighted by atomic mass is 13.8. The van der Waals surface area contributed by atoms with Crippen molar-refractivity contribution in [3.05, 3.63) is 24.3 Å². The highest BCUT2D eigenvalue weighted by molar-refractivity contribution is 4.95. The molecule has 7 heavy (non-hydrogen) atoms. The number of rotatable bonds is 2. The van der Waals surface area contributed by atoms with E-state index in [4.69, 9.17) is 6.58 Å². The molecule has 0 saturated carbocycles. The van der Waals surface area contributed by atoms with Crippen LogP contribution in [0.1, 0.15) is 20.3 Å². The second-order valence-electron chi connectivity index (χ2n) is 1.75. The standard InChI is InChI=1S/C7H11/c1-4-5-6-7(2)3/h1,4,6H,5H2,2-3H3. The average Bonchev–Trinajstić information content (AvgIpc) is 1.61. The summed E-state index contributed by atoms with van der Waals surface area (Å²) in [5.74, 6) is 0. The second-order valence-corrected chi connectivity index (χ2v) is 1.75. The lowest BCUT2D eigenvalue weighted by Gasteiger charge is -1.81. The van der Waals surface area contributed by atoms with Gasteiger partial charge in [0.15, 0.2) is 0 Å². The van der Waals surface area contributed by atoms with E-state index in [9.17, 15) is 0 Å². The molecule has 0 rings (SSSR count). The first-order valence-corrected chi connectivity index (χ1v) is 2.44. The summed E-state index contributed by atoms with van der Waals surface area (Å²) in [6.07, 6.45) is 4.62. The molecule has 0 atom stereocenters. The van der Waals surface area contributed by atoms with Crippen molar-refractivity contribution < 1.29 is 0 Å². The van der Waals surface area contributed by atoms with Gasteiger partial charge in [-0.3, -0.25) is 0 Å². The van der Waals surface area contributed by atoms with Crippen molar-refractivity contribution in [1.29, 1.82) is 0 Å². The van der Waals surface area contributed by atoms with Crippen LogP contribution in [-0.4, -0.2) is 0 Å². The molecule has 0 amide bonds. The fraction of sp³-hybridized carbons (Fsp3) is 0.429. The maximum Gasteiger partial charge on any atom is -0.0164 e. The molecule has 0 heterocycles. The van der Waals surface area contributed by atoms with Crippen LogP contribution in [0.2, 0.25) is 0 Å². The summed E-state index contributed by atoms with van der Waals surface area (Å²) < 4.78 is 0. The van der Waals surface area contributed by atoms with Crippen LogP contribution < -0.4 is 0 Å². The normalized spacial score (nSPS) is 7.71. The van der Waals surface area contributed by atoms with Crippen molar-refractivity contribution in [2.75, 3.05) is 0 Å². The van der Waals surface area contributed by atoms with Crippen molar-refractivity contribution >= 4 is 0 Å². The van der Waals surface area contributed by atoms with Gasteiger partial charge in [-0.05, 0) is 20.3 Å². The average molecular weight is 95.2 g/mol. The van der Waals surface area contributed by atoms with E-state index in [0.29, 0.717) is 0 Å². The molecule has 0 fully saturated rings. The Morgan fingerprint density at radius 1 is 1.57 bits per heavy atom. The Bertz CT molecular complexity index is 74.0. The molecule has 0 nitrogen and oxygen atoms in total. The third-order valence-electron chi connectivity index (χ3n) is 0.662. The maximum absolute atomic E-state index is 5.11. The largest absolute Gasteiger partial charge is 0.0821 e. The molecule has 0 aromatic heterocycles. The van der Waals surface area contributed by atoms with Crippen molar-refractivity contribution in [2.45, 2.75) is 20.3 Å². The first kappa shape index (κ1) is 6.48. The summed E-state index contributed by atoms with van der Waals surface area (Å²) in [5, 5.41) is 0. The van der Waals surface area contributed by atoms with Gasteiger partial charge in [0.05, 0.1) is 0 Å². The zero-order chi connectivity index (χ0) is 5.70. The van der Waals surface area contributed by atoms with Crippen molar-refractivity contribution in [2.24, 2.45) is 0 Å². The summed E-state index contributed by atoms with van der Waals surface area (Å²) in [7, 11) is 0. The van der Waals surface area contributed by atoms with E-state index in [-0.39, 0.29) is 0 Å². The van der Waals surface area contributed by atoms with Crippen LogP contribution in [-0.2, 0) is 0 Å². The van der Waals surface area contributed by atoms with Crippen molar-refractivity contribution in [3.63, 3.8) is 0 Å². The smallest absolute Gasteiger partial charge is 0.0164 e. The van der Waals surface area contributed by atoms with Crippen LogP contribution in [0.5, 0.6) is 0 Å². The zero-order valence-corrected chi connectivity index (χ0v) is 4.94. The highest BCUT2D eigenvalue weighted by Crippen LogP contribution is 1.91. The van der Waals surface area contributed by atoms with Gasteiger partial charge in [-0.2, -0.15) is 0 Å². The van der Waals surface area contributed by atoms with Crippen LogP contribution in [0.15, 0.2) is 17.7 Å². The summed E-state index contributed by atoms with van der Waals surface area (Å²) in [6, 6.07) is 0. The minimum atomic E-state index is 0.891. The maximum atomic E-state index is 5.11. The first-order valence-electron chi connectivity index (χ1n) is 2.44. The minimum absolute atomic E-state index is 0.891. The van der Waals surface area contributed by atoms with E-state index < -0.39 is 0 Å². The van der Waals surface area contributed by atoms with Gasteiger partial charge >= 0.3 is 0 Å². The summed E-state index contributed by atoms with van der Waals surface area (Å²) >= 11 is 0. The number of hydrogen-bond acceptors (Lipinski definition) is 0. The van der Waals surface area contributed by atoms with Crippen molar-refractivity contribution in [1.82, 2.24) is 0 Å². The second kappa shape index (κ2) is 3.66. The van der Waals surface area contributed by atoms with Crippen LogP contribution in [0.3, 0.4) is 0 Å². The molecule has 0 aliphatic heterocycles. The minimum Gasteiger partial charge on any atom is -0.0821 e. The molecule has 0 N–H and O–H groups in total. The van der Waals surface area contributed by atoms with Gasteiger partial charge in [-0.1, -0.05) is 24.3 Å². The quantitative estimate of drug-likeness (QED) is 0.462. The molecule has 0 aliphatic carbocycles. The molecule has 0 saturated heterocycles. The topological polar surface area (TPSA) is 0 Å². The zero-order valence-electron chi connectivity index (χ0n) is 4.94. The third kappa shape index (κ3) is 5.48. The van der Waals surface area contributed by atoms with Gasteiger partial charge in [-0.25, -0.2) is 0 Å². The van der Waals surface area contributed by atoms with Gasteiger partial charge in [0.2, 0.25) is 0 Å². The lowest BCUT2D eigenvalue weighted by molar-refractivity contribution is 1.28. The van der Waals surface area contributed by atoms with Crippen molar-refractivity contribution in [3.8, 4) is 0 Å². The van der Waals surface area contributed by atoms with Crippen LogP contribution >= 0.6 is 0 Å². The summed E-state index contributed by atoms with van der Waals surface area (Å²) in [4.78, 5) is 0. The fourth-order valence-electron chi connectivity index (χ4n) is 0.304. The van der Waals surface area contributed by atoms with Crippen LogP contribution in [0.4, 0.5) is 0 Å². The van der Waals surface area contributed by atoms with Crippen LogP contribution in [0, 0.1) is 6.58 Å². The molecular formula is C7H11. The predicted molar refractivity (Wildman–Crippen MR) is 32.9 cm³/mol. The van der Waals surface area contributed by atoms with Gasteiger partial charge in [0.25, 0.3) is 0 Å². The number of allylic oxidation sites excluding steroid dienone is 3. The van der Waals surface area contributed by atoms with E-state index in [2.05, 4.69) is 19.9 Å². The number of hydrogen-bond donors (Lipinski definition) is 0. The van der Waals surface area contributed by atoms with E-state index >= 15 is 0 Å². The Morgan fingerprint density at radius 3 is 2.29 bits per heavy atom. The molecule has 0 bridgehead atoms. The predicted octanol–water partition coefficient (Wildman–Crippen LogP) is 2.33. The van der Waals surface area contributed by atoms with E-state index in [0.717, 1.165) is 6.42 Å². The van der Waals surface area contributed by atoms with E-state index in [1.54, 1.807) is 6.08 Å². The van der Waals surface area contributed by atoms with Gasteiger partial charge in [0, 0.05) is 0 Å². The monoisotopic (exact) mass is 95.1 g/mol. The molecule has 0 heteroatoms. The molecule has 0 spiro atoms.